The second kappa shape index (κ2) is 9.19. The number of carbonyl (C=O) groups is 2. The Balaban J connectivity index is 1.23. The number of hydrogen-bond acceptors (Lipinski definition) is 5. The third-order valence-corrected chi connectivity index (χ3v) is 6.76. The molecular weight excluding hydrogens is 454 g/mol. The van der Waals surface area contributed by atoms with Gasteiger partial charge in [-0.1, -0.05) is 46.6 Å². The maximum Gasteiger partial charge on any atom is 0.276 e. The molecule has 0 bridgehead atoms. The smallest absolute Gasteiger partial charge is 0.276 e. The van der Waals surface area contributed by atoms with Gasteiger partial charge in [0.25, 0.3) is 11.8 Å². The van der Waals surface area contributed by atoms with Crippen LogP contribution in [-0.2, 0) is 17.9 Å². The number of aryl methyl sites for hydroxylation is 2. The lowest BCUT2D eigenvalue weighted by Gasteiger charge is -2.35. The van der Waals surface area contributed by atoms with Crippen LogP contribution in [0.4, 0.5) is 0 Å². The molecule has 0 saturated carbocycles. The topological polar surface area (TPSA) is 80.6 Å². The lowest BCUT2D eigenvalue weighted by molar-refractivity contribution is -0.00202. The molecule has 9 heteroatoms. The average Bonchev–Trinajstić information content (AvgIpc) is 3.27. The van der Waals surface area contributed by atoms with Gasteiger partial charge in [-0.3, -0.25) is 9.59 Å². The summed E-state index contributed by atoms with van der Waals surface area (Å²) in [5.41, 5.74) is 4.82. The fourth-order valence-electron chi connectivity index (χ4n) is 4.54. The van der Waals surface area contributed by atoms with E-state index in [-0.39, 0.29) is 24.5 Å². The van der Waals surface area contributed by atoms with E-state index in [1.54, 1.807) is 9.58 Å². The molecule has 0 spiro atoms. The summed E-state index contributed by atoms with van der Waals surface area (Å²) < 4.78 is 7.76. The molecule has 34 heavy (non-hydrogen) atoms. The van der Waals surface area contributed by atoms with Gasteiger partial charge in [-0.25, -0.2) is 4.68 Å². The lowest BCUT2D eigenvalue weighted by atomic mass is 10.0. The summed E-state index contributed by atoms with van der Waals surface area (Å²) in [6.45, 7) is 6.58. The van der Waals surface area contributed by atoms with E-state index in [1.165, 1.54) is 0 Å². The van der Waals surface area contributed by atoms with E-state index in [0.717, 1.165) is 16.7 Å². The van der Waals surface area contributed by atoms with Crippen molar-refractivity contribution in [3.8, 4) is 0 Å². The first-order valence-corrected chi connectivity index (χ1v) is 11.7. The number of benzene rings is 2. The molecule has 8 nitrogen and oxygen atoms in total. The monoisotopic (exact) mass is 479 g/mol. The van der Waals surface area contributed by atoms with Gasteiger partial charge < -0.3 is 14.5 Å². The quantitative estimate of drug-likeness (QED) is 0.575. The fourth-order valence-corrected chi connectivity index (χ4v) is 4.67. The van der Waals surface area contributed by atoms with Gasteiger partial charge in [0, 0.05) is 36.8 Å². The van der Waals surface area contributed by atoms with Gasteiger partial charge in [-0.05, 0) is 43.2 Å². The first-order chi connectivity index (χ1) is 16.4. The molecule has 2 aliphatic heterocycles. The minimum atomic E-state index is -0.173. The Labute approximate surface area is 203 Å². The summed E-state index contributed by atoms with van der Waals surface area (Å²) in [5.74, 6) is -0.166. The van der Waals surface area contributed by atoms with Crippen molar-refractivity contribution in [3.63, 3.8) is 0 Å². The molecule has 0 N–H and O–H groups in total. The van der Waals surface area contributed by atoms with Crippen molar-refractivity contribution in [1.82, 2.24) is 24.8 Å². The molecule has 2 amide bonds. The zero-order chi connectivity index (χ0) is 23.8. The summed E-state index contributed by atoms with van der Waals surface area (Å²) >= 11 is 5.98. The van der Waals surface area contributed by atoms with E-state index in [2.05, 4.69) is 10.3 Å². The van der Waals surface area contributed by atoms with Crippen LogP contribution in [0.15, 0.2) is 42.5 Å². The Kier molecular flexibility index (Phi) is 6.10. The highest BCUT2D eigenvalue weighted by Gasteiger charge is 2.32. The van der Waals surface area contributed by atoms with Gasteiger partial charge in [0.1, 0.15) is 6.10 Å². The van der Waals surface area contributed by atoms with Crippen molar-refractivity contribution in [1.29, 1.82) is 0 Å². The Hall–Kier alpha value is -3.23. The van der Waals surface area contributed by atoms with E-state index in [0.29, 0.717) is 54.7 Å². The Morgan fingerprint density at radius 1 is 0.971 bits per heavy atom. The molecule has 1 fully saturated rings. The van der Waals surface area contributed by atoms with E-state index in [4.69, 9.17) is 16.3 Å². The summed E-state index contributed by atoms with van der Waals surface area (Å²) in [5, 5.41) is 9.06. The largest absolute Gasteiger partial charge is 0.365 e. The minimum Gasteiger partial charge on any atom is -0.365 e. The van der Waals surface area contributed by atoms with Gasteiger partial charge in [0.2, 0.25) is 0 Å². The second-order valence-electron chi connectivity index (χ2n) is 8.82. The predicted octanol–water partition coefficient (Wildman–Crippen LogP) is 3.42. The third-order valence-electron chi connectivity index (χ3n) is 6.51. The summed E-state index contributed by atoms with van der Waals surface area (Å²) in [4.78, 5) is 29.7. The van der Waals surface area contributed by atoms with Crippen molar-refractivity contribution in [2.75, 3.05) is 26.2 Å². The Morgan fingerprint density at radius 3 is 2.32 bits per heavy atom. The van der Waals surface area contributed by atoms with Gasteiger partial charge in [0.15, 0.2) is 5.69 Å². The zero-order valence-electron chi connectivity index (χ0n) is 19.2. The fraction of sp³-hybridized carbons (Fsp3) is 0.360. The summed E-state index contributed by atoms with van der Waals surface area (Å²) in [7, 11) is 0. The molecular formula is C25H26ClN5O3. The van der Waals surface area contributed by atoms with E-state index in [9.17, 15) is 9.59 Å². The molecule has 2 aromatic carbocycles. The first kappa shape index (κ1) is 22.6. The van der Waals surface area contributed by atoms with Crippen LogP contribution in [0, 0.1) is 13.8 Å². The van der Waals surface area contributed by atoms with E-state index in [1.807, 2.05) is 61.2 Å². The van der Waals surface area contributed by atoms with Gasteiger partial charge in [-0.2, -0.15) is 0 Å². The number of halogens is 1. The van der Waals surface area contributed by atoms with Crippen molar-refractivity contribution >= 4 is 23.4 Å². The molecule has 5 rings (SSSR count). The highest BCUT2D eigenvalue weighted by atomic mass is 35.5. The number of ether oxygens (including phenoxy) is 1. The molecule has 0 aliphatic carbocycles. The number of carbonyl (C=O) groups excluding carboxylic acids is 2. The standard InChI is InChI=1S/C25H26ClN5O3/c1-16-3-8-20(17(2)13-16)24(32)29-9-11-30(12-10-29)25(33)23-21-15-34-22(14-31(21)28-27-23)18-4-6-19(26)7-5-18/h3-8,13,22H,9-12,14-15H2,1-2H3. The normalized spacial score (nSPS) is 18.0. The van der Waals surface area contributed by atoms with Crippen LogP contribution in [0.2, 0.25) is 5.02 Å². The second-order valence-corrected chi connectivity index (χ2v) is 9.26. The maximum atomic E-state index is 13.2. The number of aromatic nitrogens is 3. The number of nitrogens with zero attached hydrogens (tertiary/aromatic N) is 5. The van der Waals surface area contributed by atoms with Crippen LogP contribution in [-0.4, -0.2) is 62.8 Å². The number of hydrogen-bond donors (Lipinski definition) is 0. The van der Waals surface area contributed by atoms with Crippen LogP contribution in [0.1, 0.15) is 49.3 Å². The maximum absolute atomic E-state index is 13.2. The predicted molar refractivity (Wildman–Crippen MR) is 127 cm³/mol. The van der Waals surface area contributed by atoms with E-state index >= 15 is 0 Å². The Morgan fingerprint density at radius 2 is 1.65 bits per heavy atom. The molecule has 0 radical (unpaired) electrons. The van der Waals surface area contributed by atoms with Gasteiger partial charge in [-0.15, -0.1) is 5.10 Å². The van der Waals surface area contributed by atoms with Crippen LogP contribution < -0.4 is 0 Å². The number of rotatable bonds is 3. The van der Waals surface area contributed by atoms with Crippen LogP contribution >= 0.6 is 11.6 Å². The number of piperazine rings is 1. The lowest BCUT2D eigenvalue weighted by Crippen LogP contribution is -2.51. The van der Waals surface area contributed by atoms with Crippen molar-refractivity contribution in [2.45, 2.75) is 33.1 Å². The van der Waals surface area contributed by atoms with E-state index < -0.39 is 0 Å². The SMILES string of the molecule is Cc1ccc(C(=O)N2CCN(C(=O)c3nnn4c3COC(c3ccc(Cl)cc3)C4)CC2)c(C)c1. The minimum absolute atomic E-state index is 0.00674. The highest BCUT2D eigenvalue weighted by molar-refractivity contribution is 6.30. The molecule has 1 atom stereocenters. The summed E-state index contributed by atoms with van der Waals surface area (Å²) in [6, 6.07) is 13.4. The number of fused-ring (bicyclic) bond motifs is 1. The molecule has 1 aromatic heterocycles. The van der Waals surface area contributed by atoms with Crippen molar-refractivity contribution in [2.24, 2.45) is 0 Å². The summed E-state index contributed by atoms with van der Waals surface area (Å²) in [6.07, 6.45) is -0.172. The first-order valence-electron chi connectivity index (χ1n) is 11.4. The third kappa shape index (κ3) is 4.31. The molecule has 176 valence electrons. The Bertz CT molecular complexity index is 1230. The number of amides is 2. The zero-order valence-corrected chi connectivity index (χ0v) is 20.0. The molecule has 3 heterocycles. The van der Waals surface area contributed by atoms with Gasteiger partial charge >= 0.3 is 0 Å². The van der Waals surface area contributed by atoms with Gasteiger partial charge in [0.05, 0.1) is 18.8 Å². The highest BCUT2D eigenvalue weighted by Crippen LogP contribution is 2.28. The molecule has 2 aliphatic rings. The van der Waals surface area contributed by atoms with Crippen molar-refractivity contribution < 1.29 is 14.3 Å². The van der Waals surface area contributed by atoms with Crippen LogP contribution in [0.25, 0.3) is 0 Å². The van der Waals surface area contributed by atoms with Crippen LogP contribution in [0.3, 0.4) is 0 Å². The molecule has 1 unspecified atom stereocenters. The van der Waals surface area contributed by atoms with Crippen LogP contribution in [0.5, 0.6) is 0 Å². The molecule has 3 aromatic rings. The molecule has 1 saturated heterocycles. The average molecular weight is 480 g/mol. The van der Waals surface area contributed by atoms with Crippen molar-refractivity contribution in [3.05, 3.63) is 81.1 Å².